The van der Waals surface area contributed by atoms with Crippen molar-refractivity contribution in [3.05, 3.63) is 53.6 Å². The molecule has 0 unspecified atom stereocenters. The summed E-state index contributed by atoms with van der Waals surface area (Å²) < 4.78 is 0. The molecule has 4 amide bonds. The Morgan fingerprint density at radius 1 is 1.15 bits per heavy atom. The van der Waals surface area contributed by atoms with E-state index >= 15 is 0 Å². The predicted octanol–water partition coefficient (Wildman–Crippen LogP) is 2.50. The van der Waals surface area contributed by atoms with Gasteiger partial charge in [-0.2, -0.15) is 5.06 Å². The van der Waals surface area contributed by atoms with Crippen LogP contribution in [0, 0.1) is 17.8 Å². The number of imide groups is 2. The number of likely N-dealkylation sites (tertiary alicyclic amines) is 1. The van der Waals surface area contributed by atoms with E-state index in [-0.39, 0.29) is 23.7 Å². The normalized spacial score (nSPS) is 36.9. The van der Waals surface area contributed by atoms with Crippen LogP contribution >= 0.6 is 23.2 Å². The third-order valence-electron chi connectivity index (χ3n) is 7.82. The van der Waals surface area contributed by atoms with Crippen LogP contribution in [0.25, 0.3) is 0 Å². The molecule has 8 nitrogen and oxygen atoms in total. The first-order valence-corrected chi connectivity index (χ1v) is 11.6. The number of hydrogen-bond acceptors (Lipinski definition) is 6. The lowest BCUT2D eigenvalue weighted by atomic mass is 9.56. The molecule has 0 radical (unpaired) electrons. The number of halogens is 2. The van der Waals surface area contributed by atoms with Crippen molar-refractivity contribution in [1.29, 1.82) is 0 Å². The number of carbonyl (C=O) groups is 4. The fourth-order valence-electron chi connectivity index (χ4n) is 6.24. The van der Waals surface area contributed by atoms with Crippen LogP contribution in [0.1, 0.15) is 29.9 Å². The smallest absolute Gasteiger partial charge is 0.257 e. The Morgan fingerprint density at radius 3 is 2.53 bits per heavy atom. The van der Waals surface area contributed by atoms with Crippen LogP contribution in [0.2, 0.25) is 0 Å². The van der Waals surface area contributed by atoms with E-state index in [0.29, 0.717) is 23.1 Å². The summed E-state index contributed by atoms with van der Waals surface area (Å²) in [5.41, 5.74) is 1.39. The van der Waals surface area contributed by atoms with Crippen molar-refractivity contribution in [2.24, 2.45) is 17.8 Å². The number of hydroxylamine groups is 2. The van der Waals surface area contributed by atoms with Crippen molar-refractivity contribution in [2.45, 2.75) is 34.9 Å². The molecule has 6 atom stereocenters. The topological polar surface area (TPSA) is 115 Å². The Balaban J connectivity index is 1.77. The maximum absolute atomic E-state index is 13.4. The molecule has 3 fully saturated rings. The van der Waals surface area contributed by atoms with E-state index in [1.165, 1.54) is 7.05 Å². The Bertz CT molecular complexity index is 1210. The number of fused-ring (bicyclic) bond motifs is 4. The monoisotopic (exact) mass is 504 g/mol. The van der Waals surface area contributed by atoms with Crippen molar-refractivity contribution in [3.8, 4) is 5.75 Å². The van der Waals surface area contributed by atoms with Crippen molar-refractivity contribution in [1.82, 2.24) is 9.96 Å². The molecule has 4 aliphatic rings. The molecule has 5 rings (SSSR count). The van der Waals surface area contributed by atoms with E-state index in [4.69, 9.17) is 23.2 Å². The molecule has 1 saturated carbocycles. The highest BCUT2D eigenvalue weighted by atomic mass is 35.5. The molecule has 0 aromatic heterocycles. The summed E-state index contributed by atoms with van der Waals surface area (Å²) in [5, 5.41) is 21.3. The standard InChI is InChI=1S/C24H22Cl2N2O6/c1-3-5-11-6-4-7-14(18(11)29)17-12-8-9-13-16(20(31)28(34)19(13)30)15(12)10-23(25)21(32)27(2)22(33)24(17,23)26/h3-4,6-8,13,15-17,29,34H,1,5,9-10H2,2H3/t13-,15+,16-,17+,23+,24-/m0/s1. The Labute approximate surface area is 205 Å². The highest BCUT2D eigenvalue weighted by Gasteiger charge is 2.76. The van der Waals surface area contributed by atoms with Crippen molar-refractivity contribution in [2.75, 3.05) is 7.05 Å². The molecule has 1 aromatic rings. The van der Waals surface area contributed by atoms with Gasteiger partial charge in [-0.15, -0.1) is 29.8 Å². The molecule has 34 heavy (non-hydrogen) atoms. The molecular weight excluding hydrogens is 483 g/mol. The number of nitrogens with zero attached hydrogens (tertiary/aromatic N) is 2. The SMILES string of the molecule is C=CCc1cccc([C@H]2C3=CC[C@@H]4C(=O)N(O)C(=O)[C@@H]4[C@@H]3C[C@@]3(Cl)C(=O)N(C)C(=O)[C@@]23Cl)c1O. The molecule has 2 heterocycles. The summed E-state index contributed by atoms with van der Waals surface area (Å²) in [6, 6.07) is 5.02. The first kappa shape index (κ1) is 23.1. The summed E-state index contributed by atoms with van der Waals surface area (Å²) in [5.74, 6) is -6.56. The van der Waals surface area contributed by atoms with Crippen LogP contribution in [-0.4, -0.2) is 60.7 Å². The van der Waals surface area contributed by atoms with Crippen LogP contribution in [0.4, 0.5) is 0 Å². The summed E-state index contributed by atoms with van der Waals surface area (Å²) in [4.78, 5) is 49.0. The Morgan fingerprint density at radius 2 is 1.85 bits per heavy atom. The minimum absolute atomic E-state index is 0.109. The minimum atomic E-state index is -1.97. The molecule has 1 aromatic carbocycles. The number of benzene rings is 1. The van der Waals surface area contributed by atoms with Gasteiger partial charge in [0.15, 0.2) is 9.75 Å². The fraction of sp³-hybridized carbons (Fsp3) is 0.417. The van der Waals surface area contributed by atoms with E-state index in [2.05, 4.69) is 6.58 Å². The molecule has 0 spiro atoms. The number of carbonyl (C=O) groups excluding carboxylic acids is 4. The van der Waals surface area contributed by atoms with Gasteiger partial charge in [0.25, 0.3) is 23.6 Å². The van der Waals surface area contributed by atoms with Crippen LogP contribution in [0.5, 0.6) is 5.75 Å². The van der Waals surface area contributed by atoms with Gasteiger partial charge in [-0.3, -0.25) is 29.3 Å². The number of aromatic hydroxyl groups is 1. The van der Waals surface area contributed by atoms with Crippen molar-refractivity contribution in [3.63, 3.8) is 0 Å². The second-order valence-corrected chi connectivity index (χ2v) is 10.6. The van der Waals surface area contributed by atoms with E-state index in [9.17, 15) is 29.5 Å². The summed E-state index contributed by atoms with van der Waals surface area (Å²) >= 11 is 14.0. The number of para-hydroxylation sites is 1. The molecule has 2 saturated heterocycles. The number of amides is 4. The van der Waals surface area contributed by atoms with Gasteiger partial charge in [-0.25, -0.2) is 0 Å². The number of phenolic OH excluding ortho intramolecular Hbond substituents is 1. The van der Waals surface area contributed by atoms with E-state index < -0.39 is 57.0 Å². The quantitative estimate of drug-likeness (QED) is 0.282. The third kappa shape index (κ3) is 2.59. The zero-order valence-corrected chi connectivity index (χ0v) is 19.7. The van der Waals surface area contributed by atoms with Gasteiger partial charge < -0.3 is 5.11 Å². The average molecular weight is 505 g/mol. The number of hydrogen-bond donors (Lipinski definition) is 2. The van der Waals surface area contributed by atoms with Gasteiger partial charge in [-0.1, -0.05) is 35.9 Å². The third-order valence-corrected chi connectivity index (χ3v) is 9.23. The lowest BCUT2D eigenvalue weighted by Gasteiger charge is -2.50. The van der Waals surface area contributed by atoms with Crippen LogP contribution in [-0.2, 0) is 25.6 Å². The lowest BCUT2D eigenvalue weighted by Crippen LogP contribution is -2.60. The van der Waals surface area contributed by atoms with E-state index in [1.54, 1.807) is 30.4 Å². The number of rotatable bonds is 3. The molecule has 2 N–H and O–H groups in total. The van der Waals surface area contributed by atoms with E-state index in [0.717, 1.165) is 4.90 Å². The average Bonchev–Trinajstić information content (AvgIpc) is 3.11. The molecule has 2 aliphatic carbocycles. The zero-order chi connectivity index (χ0) is 24.7. The van der Waals surface area contributed by atoms with E-state index in [1.807, 2.05) is 0 Å². The van der Waals surface area contributed by atoms with Crippen LogP contribution in [0.15, 0.2) is 42.5 Å². The lowest BCUT2D eigenvalue weighted by molar-refractivity contribution is -0.173. The fourth-order valence-corrected chi connectivity index (χ4v) is 7.25. The Kier molecular flexibility index (Phi) is 5.03. The molecule has 10 heteroatoms. The van der Waals surface area contributed by atoms with Crippen LogP contribution < -0.4 is 0 Å². The molecule has 0 bridgehead atoms. The Hall–Kier alpha value is -2.68. The second-order valence-electron chi connectivity index (χ2n) is 9.33. The largest absolute Gasteiger partial charge is 0.507 e. The molecule has 2 aliphatic heterocycles. The molecular formula is C24H22Cl2N2O6. The van der Waals surface area contributed by atoms with Crippen LogP contribution in [0.3, 0.4) is 0 Å². The minimum Gasteiger partial charge on any atom is -0.507 e. The number of allylic oxidation sites excluding steroid dienone is 3. The van der Waals surface area contributed by atoms with Crippen molar-refractivity contribution >= 4 is 46.8 Å². The second kappa shape index (κ2) is 7.41. The van der Waals surface area contributed by atoms with Gasteiger partial charge in [-0.05, 0) is 30.7 Å². The van der Waals surface area contributed by atoms with Gasteiger partial charge in [0.1, 0.15) is 5.75 Å². The van der Waals surface area contributed by atoms with Gasteiger partial charge >= 0.3 is 0 Å². The van der Waals surface area contributed by atoms with Gasteiger partial charge in [0.2, 0.25) is 0 Å². The predicted molar refractivity (Wildman–Crippen MR) is 121 cm³/mol. The maximum atomic E-state index is 13.4. The highest BCUT2D eigenvalue weighted by Crippen LogP contribution is 2.66. The summed E-state index contributed by atoms with van der Waals surface area (Å²) in [6.07, 6.45) is 3.67. The van der Waals surface area contributed by atoms with Crippen molar-refractivity contribution < 1.29 is 29.5 Å². The number of phenols is 1. The van der Waals surface area contributed by atoms with Gasteiger partial charge in [0.05, 0.1) is 11.8 Å². The molecule has 178 valence electrons. The number of alkyl halides is 2. The maximum Gasteiger partial charge on any atom is 0.257 e. The first-order valence-electron chi connectivity index (χ1n) is 10.9. The zero-order valence-electron chi connectivity index (χ0n) is 18.2. The highest BCUT2D eigenvalue weighted by molar-refractivity contribution is 6.53. The summed E-state index contributed by atoms with van der Waals surface area (Å²) in [6.45, 7) is 3.70. The first-order chi connectivity index (χ1) is 16.0. The summed E-state index contributed by atoms with van der Waals surface area (Å²) in [7, 11) is 1.29. The van der Waals surface area contributed by atoms with Gasteiger partial charge in [0, 0.05) is 18.5 Å².